The van der Waals surface area contributed by atoms with E-state index in [0.29, 0.717) is 5.69 Å². The molecule has 3 rings (SSSR count). The summed E-state index contributed by atoms with van der Waals surface area (Å²) in [7, 11) is 1.59. The van der Waals surface area contributed by atoms with Gasteiger partial charge in [-0.15, -0.1) is 11.3 Å². The molecule has 0 bridgehead atoms. The summed E-state index contributed by atoms with van der Waals surface area (Å²) in [5, 5.41) is 15.6. The third-order valence-corrected chi connectivity index (χ3v) is 5.79. The third kappa shape index (κ3) is 6.31. The van der Waals surface area contributed by atoms with Gasteiger partial charge in [0.1, 0.15) is 11.0 Å². The SMILES string of the molecule is CNc1nc(OC2CCC(Nc3cc(C#CC(C)(C)C)sc3C(=O)O)CC2)ncc1F. The minimum atomic E-state index is -0.956. The Morgan fingerprint density at radius 2 is 2.03 bits per heavy atom. The molecule has 166 valence electrons. The van der Waals surface area contributed by atoms with E-state index in [1.165, 1.54) is 11.3 Å². The van der Waals surface area contributed by atoms with Crippen LogP contribution < -0.4 is 15.4 Å². The van der Waals surface area contributed by atoms with Crippen LogP contribution in [0.5, 0.6) is 6.01 Å². The molecule has 9 heteroatoms. The van der Waals surface area contributed by atoms with E-state index in [1.54, 1.807) is 7.05 Å². The van der Waals surface area contributed by atoms with Gasteiger partial charge in [-0.25, -0.2) is 14.2 Å². The molecule has 1 aliphatic carbocycles. The maximum Gasteiger partial charge on any atom is 0.348 e. The molecule has 2 heterocycles. The number of halogens is 1. The second-order valence-electron chi connectivity index (χ2n) is 8.49. The molecule has 3 N–H and O–H groups in total. The average Bonchev–Trinajstić information content (AvgIpc) is 3.12. The number of aromatic carboxylic acids is 1. The number of hydrogen-bond donors (Lipinski definition) is 3. The number of carbonyl (C=O) groups is 1. The lowest BCUT2D eigenvalue weighted by Gasteiger charge is -2.29. The highest BCUT2D eigenvalue weighted by Gasteiger charge is 2.25. The molecule has 0 amide bonds. The van der Waals surface area contributed by atoms with Crippen molar-refractivity contribution in [3.8, 4) is 17.9 Å². The molecule has 0 aliphatic heterocycles. The first-order chi connectivity index (χ1) is 14.6. The molecule has 2 aromatic rings. The third-order valence-electron chi connectivity index (χ3n) is 4.75. The van der Waals surface area contributed by atoms with E-state index in [0.717, 1.165) is 36.8 Å². The molecule has 0 atom stereocenters. The highest BCUT2D eigenvalue weighted by Crippen LogP contribution is 2.31. The summed E-state index contributed by atoms with van der Waals surface area (Å²) in [6.07, 6.45) is 4.16. The van der Waals surface area contributed by atoms with Crippen LogP contribution in [0.4, 0.5) is 15.9 Å². The second-order valence-corrected chi connectivity index (χ2v) is 9.55. The maximum absolute atomic E-state index is 13.5. The van der Waals surface area contributed by atoms with Crippen LogP contribution in [-0.2, 0) is 0 Å². The predicted molar refractivity (Wildman–Crippen MR) is 119 cm³/mol. The molecular formula is C22H27FN4O3S. The van der Waals surface area contributed by atoms with Crippen molar-refractivity contribution in [1.82, 2.24) is 9.97 Å². The zero-order valence-electron chi connectivity index (χ0n) is 18.1. The van der Waals surface area contributed by atoms with Gasteiger partial charge >= 0.3 is 12.0 Å². The number of ether oxygens (including phenoxy) is 1. The standard InChI is InChI=1S/C22H27FN4O3S/c1-22(2,3)10-9-15-11-17(18(31-15)20(28)29)26-13-5-7-14(8-6-13)30-21-25-12-16(23)19(24-4)27-21/h11-14,26H,5-8H2,1-4H3,(H,28,29)(H,24,25,27). The van der Waals surface area contributed by atoms with Gasteiger partial charge in [-0.1, -0.05) is 11.8 Å². The number of hydrogen-bond acceptors (Lipinski definition) is 7. The van der Waals surface area contributed by atoms with E-state index in [-0.39, 0.29) is 34.3 Å². The summed E-state index contributed by atoms with van der Waals surface area (Å²) in [6.45, 7) is 6.05. The smallest absolute Gasteiger partial charge is 0.348 e. The Balaban J connectivity index is 1.61. The fraction of sp³-hybridized carbons (Fsp3) is 0.500. The van der Waals surface area contributed by atoms with Gasteiger partial charge < -0.3 is 20.5 Å². The molecular weight excluding hydrogens is 419 g/mol. The number of carboxylic acids is 1. The highest BCUT2D eigenvalue weighted by molar-refractivity contribution is 7.15. The van der Waals surface area contributed by atoms with Crippen LogP contribution in [0.2, 0.25) is 0 Å². The first kappa shape index (κ1) is 22.8. The molecule has 1 saturated carbocycles. The molecule has 2 aromatic heterocycles. The van der Waals surface area contributed by atoms with Crippen molar-refractivity contribution in [2.75, 3.05) is 17.7 Å². The van der Waals surface area contributed by atoms with E-state index in [4.69, 9.17) is 4.74 Å². The number of thiophene rings is 1. The number of carboxylic acid groups (broad SMARTS) is 1. The summed E-state index contributed by atoms with van der Waals surface area (Å²) in [5.74, 6) is 4.85. The van der Waals surface area contributed by atoms with Crippen molar-refractivity contribution >= 4 is 28.8 Å². The van der Waals surface area contributed by atoms with Crippen LogP contribution >= 0.6 is 11.3 Å². The first-order valence-electron chi connectivity index (χ1n) is 10.2. The van der Waals surface area contributed by atoms with E-state index in [2.05, 4.69) is 32.4 Å². The van der Waals surface area contributed by atoms with E-state index >= 15 is 0 Å². The number of nitrogens with zero attached hydrogens (tertiary/aromatic N) is 2. The van der Waals surface area contributed by atoms with Crippen molar-refractivity contribution in [1.29, 1.82) is 0 Å². The Morgan fingerprint density at radius 3 is 2.65 bits per heavy atom. The van der Waals surface area contributed by atoms with Gasteiger partial charge in [0.25, 0.3) is 0 Å². The summed E-state index contributed by atoms with van der Waals surface area (Å²) in [4.78, 5) is 20.6. The summed E-state index contributed by atoms with van der Waals surface area (Å²) >= 11 is 1.19. The van der Waals surface area contributed by atoms with E-state index in [1.807, 2.05) is 26.8 Å². The fourth-order valence-electron chi connectivity index (χ4n) is 3.24. The summed E-state index contributed by atoms with van der Waals surface area (Å²) in [5.41, 5.74) is 0.460. The molecule has 31 heavy (non-hydrogen) atoms. The van der Waals surface area contributed by atoms with Crippen molar-refractivity contribution in [3.05, 3.63) is 27.8 Å². The lowest BCUT2D eigenvalue weighted by Crippen LogP contribution is -2.31. The molecule has 0 unspecified atom stereocenters. The van der Waals surface area contributed by atoms with Crippen molar-refractivity contribution < 1.29 is 19.0 Å². The predicted octanol–water partition coefficient (Wildman–Crippen LogP) is 4.62. The van der Waals surface area contributed by atoms with Gasteiger partial charge in [0.05, 0.1) is 16.8 Å². The highest BCUT2D eigenvalue weighted by atomic mass is 32.1. The molecule has 7 nitrogen and oxygen atoms in total. The zero-order chi connectivity index (χ0) is 22.6. The van der Waals surface area contributed by atoms with E-state index in [9.17, 15) is 14.3 Å². The lowest BCUT2D eigenvalue weighted by molar-refractivity contribution is 0.0703. The Morgan fingerprint density at radius 1 is 1.32 bits per heavy atom. The second kappa shape index (κ2) is 9.52. The van der Waals surface area contributed by atoms with Gasteiger partial charge in [-0.3, -0.25) is 0 Å². The van der Waals surface area contributed by atoms with Crippen LogP contribution in [0.3, 0.4) is 0 Å². The quantitative estimate of drug-likeness (QED) is 0.557. The van der Waals surface area contributed by atoms with Crippen molar-refractivity contribution in [2.45, 2.75) is 58.6 Å². The van der Waals surface area contributed by atoms with Crippen LogP contribution in [0.15, 0.2) is 12.3 Å². The summed E-state index contributed by atoms with van der Waals surface area (Å²) in [6, 6.07) is 2.11. The van der Waals surface area contributed by atoms with Crippen molar-refractivity contribution in [2.24, 2.45) is 5.41 Å². The monoisotopic (exact) mass is 446 g/mol. The largest absolute Gasteiger partial charge is 0.477 e. The normalized spacial score (nSPS) is 18.6. The van der Waals surface area contributed by atoms with Gasteiger partial charge in [0.2, 0.25) is 0 Å². The summed E-state index contributed by atoms with van der Waals surface area (Å²) < 4.78 is 19.3. The molecule has 0 radical (unpaired) electrons. The van der Waals surface area contributed by atoms with Crippen LogP contribution in [0.1, 0.15) is 61.0 Å². The number of rotatable bonds is 6. The molecule has 0 spiro atoms. The Kier molecular flexibility index (Phi) is 7.01. The fourth-order valence-corrected chi connectivity index (χ4v) is 4.06. The minimum Gasteiger partial charge on any atom is -0.477 e. The average molecular weight is 447 g/mol. The Bertz CT molecular complexity index is 998. The van der Waals surface area contributed by atoms with Gasteiger partial charge in [-0.05, 0) is 52.5 Å². The Hall–Kier alpha value is -2.86. The Labute approximate surface area is 185 Å². The van der Waals surface area contributed by atoms with Gasteiger partial charge in [-0.2, -0.15) is 4.98 Å². The molecule has 1 fully saturated rings. The van der Waals surface area contributed by atoms with E-state index < -0.39 is 11.8 Å². The molecule has 0 saturated heterocycles. The molecule has 0 aromatic carbocycles. The van der Waals surface area contributed by atoms with Crippen LogP contribution in [0.25, 0.3) is 0 Å². The number of aromatic nitrogens is 2. The maximum atomic E-state index is 13.5. The van der Waals surface area contributed by atoms with Gasteiger partial charge in [0, 0.05) is 18.5 Å². The zero-order valence-corrected chi connectivity index (χ0v) is 18.9. The number of nitrogens with one attached hydrogen (secondary N) is 2. The van der Waals surface area contributed by atoms with Crippen LogP contribution in [0, 0.1) is 23.1 Å². The number of anilines is 2. The van der Waals surface area contributed by atoms with Gasteiger partial charge in [0.15, 0.2) is 11.6 Å². The first-order valence-corrected chi connectivity index (χ1v) is 11.0. The lowest BCUT2D eigenvalue weighted by atomic mass is 9.93. The molecule has 1 aliphatic rings. The van der Waals surface area contributed by atoms with Crippen LogP contribution in [-0.4, -0.2) is 40.2 Å². The topological polar surface area (TPSA) is 96.4 Å². The minimum absolute atomic E-state index is 0.0668. The van der Waals surface area contributed by atoms with Crippen molar-refractivity contribution in [3.63, 3.8) is 0 Å².